The Kier molecular flexibility index (Phi) is 7.56. The Balaban J connectivity index is 0.00000300. The van der Waals surface area contributed by atoms with Gasteiger partial charge in [-0.25, -0.2) is 0 Å². The van der Waals surface area contributed by atoms with E-state index >= 15 is 0 Å². The predicted octanol–water partition coefficient (Wildman–Crippen LogP) is 3.80. The minimum Gasteiger partial charge on any atom is -0.343 e. The molecule has 0 spiro atoms. The van der Waals surface area contributed by atoms with E-state index in [1.54, 1.807) is 13.0 Å². The highest BCUT2D eigenvalue weighted by Crippen LogP contribution is 2.42. The number of rotatable bonds is 4. The van der Waals surface area contributed by atoms with E-state index in [1.165, 1.54) is 12.1 Å². The molecule has 0 aromatic heterocycles. The number of nitrogens with one attached hydrogen (secondary N) is 2. The first-order chi connectivity index (χ1) is 13.1. The van der Waals surface area contributed by atoms with Crippen LogP contribution >= 0.6 is 12.4 Å². The summed E-state index contributed by atoms with van der Waals surface area (Å²) in [5, 5.41) is 4.71. The second-order valence-corrected chi connectivity index (χ2v) is 8.01. The summed E-state index contributed by atoms with van der Waals surface area (Å²) < 4.78 is 36.9. The number of benzene rings is 1. The first-order valence-corrected chi connectivity index (χ1v) is 9.66. The van der Waals surface area contributed by atoms with Gasteiger partial charge in [0.05, 0.1) is 0 Å². The average Bonchev–Trinajstić information content (AvgIpc) is 2.60. The molecule has 5 nitrogen and oxygen atoms in total. The summed E-state index contributed by atoms with van der Waals surface area (Å²) in [5.41, 5.74) is 7.55. The molecule has 1 aromatic rings. The van der Waals surface area contributed by atoms with Gasteiger partial charge in [0, 0.05) is 23.2 Å². The maximum absolute atomic E-state index is 12.8. The van der Waals surface area contributed by atoms with Crippen LogP contribution in [0.15, 0.2) is 18.2 Å². The van der Waals surface area contributed by atoms with Gasteiger partial charge < -0.3 is 16.4 Å². The lowest BCUT2D eigenvalue weighted by Gasteiger charge is -2.43. The molecule has 2 unspecified atom stereocenters. The van der Waals surface area contributed by atoms with Crippen LogP contribution in [0.25, 0.3) is 0 Å². The smallest absolute Gasteiger partial charge is 0.343 e. The molecular formula is C20H27ClF3N3O2. The van der Waals surface area contributed by atoms with Crippen molar-refractivity contribution >= 4 is 29.9 Å². The molecular weight excluding hydrogens is 407 g/mol. The van der Waals surface area contributed by atoms with Crippen molar-refractivity contribution in [3.05, 3.63) is 29.3 Å². The maximum atomic E-state index is 12.8. The Morgan fingerprint density at radius 3 is 2.38 bits per heavy atom. The first kappa shape index (κ1) is 23.5. The maximum Gasteiger partial charge on any atom is 0.405 e. The first-order valence-electron chi connectivity index (χ1n) is 9.66. The number of hydrogen-bond acceptors (Lipinski definition) is 3. The van der Waals surface area contributed by atoms with Crippen LogP contribution in [0.2, 0.25) is 0 Å². The van der Waals surface area contributed by atoms with Gasteiger partial charge in [0.1, 0.15) is 6.54 Å². The van der Waals surface area contributed by atoms with Crippen LogP contribution < -0.4 is 16.4 Å². The van der Waals surface area contributed by atoms with E-state index in [0.29, 0.717) is 17.5 Å². The third-order valence-electron chi connectivity index (χ3n) is 5.99. The third-order valence-corrected chi connectivity index (χ3v) is 5.99. The molecule has 0 saturated heterocycles. The molecule has 0 heterocycles. The molecule has 29 heavy (non-hydrogen) atoms. The van der Waals surface area contributed by atoms with Crippen LogP contribution in [0.5, 0.6) is 0 Å². The molecule has 0 radical (unpaired) electrons. The lowest BCUT2D eigenvalue weighted by molar-refractivity contribution is -0.123. The van der Waals surface area contributed by atoms with Gasteiger partial charge in [-0.3, -0.25) is 9.59 Å². The number of carbonyl (C=O) groups is 2. The standard InChI is InChI=1S/C20H26F3N3O2.ClH/c1-11-5-6-14(18(27)25-10-20(21,22)23)9-16(11)26-19(28)15-7-12-3-2-4-13(8-15)17(12)24;/h5-6,9,12-13,15,17H,2-4,7-8,10,24H2,1H3,(H,25,27)(H,26,28);1H. The Hall–Kier alpha value is -1.80. The van der Waals surface area contributed by atoms with Gasteiger partial charge in [-0.2, -0.15) is 13.2 Å². The zero-order valence-corrected chi connectivity index (χ0v) is 17.0. The van der Waals surface area contributed by atoms with Gasteiger partial charge in [-0.1, -0.05) is 12.5 Å². The van der Waals surface area contributed by atoms with E-state index in [-0.39, 0.29) is 35.8 Å². The largest absolute Gasteiger partial charge is 0.405 e. The zero-order chi connectivity index (χ0) is 20.5. The van der Waals surface area contributed by atoms with Gasteiger partial charge in [-0.15, -0.1) is 12.4 Å². The van der Waals surface area contributed by atoms with Crippen molar-refractivity contribution in [3.8, 4) is 0 Å². The lowest BCUT2D eigenvalue weighted by Crippen LogP contribution is -2.48. The highest BCUT2D eigenvalue weighted by molar-refractivity contribution is 5.98. The van der Waals surface area contributed by atoms with Gasteiger partial charge >= 0.3 is 6.18 Å². The fourth-order valence-electron chi connectivity index (χ4n) is 4.42. The van der Waals surface area contributed by atoms with Gasteiger partial charge in [-0.05, 0) is 62.1 Å². The highest BCUT2D eigenvalue weighted by Gasteiger charge is 2.40. The monoisotopic (exact) mass is 433 g/mol. The van der Waals surface area contributed by atoms with E-state index < -0.39 is 18.6 Å². The summed E-state index contributed by atoms with van der Waals surface area (Å²) in [7, 11) is 0. The molecule has 9 heteroatoms. The molecule has 2 fully saturated rings. The molecule has 2 bridgehead atoms. The summed E-state index contributed by atoms with van der Waals surface area (Å²) in [6.45, 7) is 0.380. The van der Waals surface area contributed by atoms with Crippen molar-refractivity contribution < 1.29 is 22.8 Å². The number of alkyl halides is 3. The van der Waals surface area contributed by atoms with Crippen molar-refractivity contribution in [2.75, 3.05) is 11.9 Å². The lowest BCUT2D eigenvalue weighted by atomic mass is 9.65. The molecule has 1 aromatic carbocycles. The summed E-state index contributed by atoms with van der Waals surface area (Å²) in [5.74, 6) is -0.337. The minimum absolute atomic E-state index is 0. The van der Waals surface area contributed by atoms with E-state index in [1.807, 2.05) is 5.32 Å². The number of anilines is 1. The topological polar surface area (TPSA) is 84.2 Å². The number of aryl methyl sites for hydroxylation is 1. The van der Waals surface area contributed by atoms with Crippen molar-refractivity contribution in [3.63, 3.8) is 0 Å². The molecule has 0 aliphatic heterocycles. The molecule has 2 amide bonds. The van der Waals surface area contributed by atoms with E-state index in [4.69, 9.17) is 5.73 Å². The minimum atomic E-state index is -4.47. The molecule has 2 aliphatic rings. The second kappa shape index (κ2) is 9.34. The van der Waals surface area contributed by atoms with Crippen molar-refractivity contribution in [2.24, 2.45) is 23.5 Å². The fraction of sp³-hybridized carbons (Fsp3) is 0.600. The van der Waals surface area contributed by atoms with Crippen LogP contribution in [0, 0.1) is 24.7 Å². The predicted molar refractivity (Wildman–Crippen MR) is 107 cm³/mol. The number of nitrogens with two attached hydrogens (primary N) is 1. The fourth-order valence-corrected chi connectivity index (χ4v) is 4.42. The van der Waals surface area contributed by atoms with E-state index in [9.17, 15) is 22.8 Å². The molecule has 2 saturated carbocycles. The third kappa shape index (κ3) is 5.85. The number of amides is 2. The van der Waals surface area contributed by atoms with Gasteiger partial charge in [0.15, 0.2) is 0 Å². The summed E-state index contributed by atoms with van der Waals surface area (Å²) >= 11 is 0. The van der Waals surface area contributed by atoms with Crippen molar-refractivity contribution in [1.29, 1.82) is 0 Å². The highest BCUT2D eigenvalue weighted by atomic mass is 35.5. The van der Waals surface area contributed by atoms with E-state index in [0.717, 1.165) is 37.7 Å². The second-order valence-electron chi connectivity index (χ2n) is 8.01. The SMILES string of the molecule is Cc1ccc(C(=O)NCC(F)(F)F)cc1NC(=O)C1CC2CCCC(C1)C2N.Cl. The van der Waals surface area contributed by atoms with Crippen molar-refractivity contribution in [1.82, 2.24) is 5.32 Å². The summed E-state index contributed by atoms with van der Waals surface area (Å²) in [4.78, 5) is 24.8. The van der Waals surface area contributed by atoms with Crippen LogP contribution in [-0.4, -0.2) is 30.6 Å². The Morgan fingerprint density at radius 1 is 1.17 bits per heavy atom. The Morgan fingerprint density at radius 2 is 1.79 bits per heavy atom. The number of carbonyl (C=O) groups excluding carboxylic acids is 2. The average molecular weight is 434 g/mol. The molecule has 162 valence electrons. The number of hydrogen-bond donors (Lipinski definition) is 3. The number of halogens is 4. The van der Waals surface area contributed by atoms with Crippen LogP contribution in [0.1, 0.15) is 48.0 Å². The molecule has 3 rings (SSSR count). The van der Waals surface area contributed by atoms with Crippen LogP contribution in [0.3, 0.4) is 0 Å². The Bertz CT molecular complexity index is 743. The van der Waals surface area contributed by atoms with Gasteiger partial charge in [0.25, 0.3) is 5.91 Å². The summed E-state index contributed by atoms with van der Waals surface area (Å²) in [6.07, 6.45) is 0.302. The molecule has 2 aliphatic carbocycles. The van der Waals surface area contributed by atoms with Gasteiger partial charge in [0.2, 0.25) is 5.91 Å². The number of fused-ring (bicyclic) bond motifs is 2. The summed E-state index contributed by atoms with van der Waals surface area (Å²) in [6, 6.07) is 4.65. The Labute approximate surface area is 174 Å². The quantitative estimate of drug-likeness (QED) is 0.675. The van der Waals surface area contributed by atoms with Crippen LogP contribution in [-0.2, 0) is 4.79 Å². The normalized spacial score (nSPS) is 26.2. The molecule has 4 N–H and O–H groups in total. The van der Waals surface area contributed by atoms with Crippen molar-refractivity contribution in [2.45, 2.75) is 51.2 Å². The molecule has 2 atom stereocenters. The zero-order valence-electron chi connectivity index (χ0n) is 16.2. The van der Waals surface area contributed by atoms with Crippen LogP contribution in [0.4, 0.5) is 18.9 Å². The van der Waals surface area contributed by atoms with E-state index in [2.05, 4.69) is 5.32 Å².